The minimum Gasteiger partial charge on any atom is -0.487 e. The summed E-state index contributed by atoms with van der Waals surface area (Å²) in [6.45, 7) is 3.03. The lowest BCUT2D eigenvalue weighted by molar-refractivity contribution is -0.139. The Morgan fingerprint density at radius 1 is 1.48 bits per heavy atom. The van der Waals surface area contributed by atoms with E-state index in [0.717, 1.165) is 6.42 Å². The van der Waals surface area contributed by atoms with Crippen LogP contribution in [0.5, 0.6) is 5.75 Å². The first-order chi connectivity index (χ1) is 11.0. The molecule has 0 unspecified atom stereocenters. The molecule has 1 heterocycles. The van der Waals surface area contributed by atoms with Gasteiger partial charge < -0.3 is 15.0 Å². The molecule has 5 nitrogen and oxygen atoms in total. The third-order valence-electron chi connectivity index (χ3n) is 4.12. The van der Waals surface area contributed by atoms with Gasteiger partial charge in [0.25, 0.3) is 0 Å². The van der Waals surface area contributed by atoms with E-state index in [1.54, 1.807) is 18.0 Å². The van der Waals surface area contributed by atoms with Gasteiger partial charge in [0.1, 0.15) is 11.9 Å². The summed E-state index contributed by atoms with van der Waals surface area (Å²) in [6, 6.07) is 7.28. The Morgan fingerprint density at radius 3 is 2.87 bits per heavy atom. The molecule has 0 aromatic heterocycles. The highest BCUT2D eigenvalue weighted by Gasteiger charge is 2.28. The molecular weight excluding hydrogens is 316 g/mol. The molecule has 0 aliphatic carbocycles. The monoisotopic (exact) mass is 338 g/mol. The molecule has 2 rings (SSSR count). The average Bonchev–Trinajstić information content (AvgIpc) is 2.55. The first-order valence-electron chi connectivity index (χ1n) is 7.94. The predicted octanol–water partition coefficient (Wildman–Crippen LogP) is 2.48. The molecule has 0 radical (unpaired) electrons. The minimum atomic E-state index is -0.239. The minimum absolute atomic E-state index is 0.0239. The third-order valence-corrected chi connectivity index (χ3v) is 4.43. The number of benzene rings is 1. The van der Waals surface area contributed by atoms with Crippen LogP contribution in [0, 0.1) is 5.92 Å². The number of piperidine rings is 1. The number of rotatable bonds is 6. The molecule has 1 N–H and O–H groups in total. The summed E-state index contributed by atoms with van der Waals surface area (Å²) in [5.74, 6) is 0.324. The van der Waals surface area contributed by atoms with Crippen LogP contribution >= 0.6 is 11.6 Å². The van der Waals surface area contributed by atoms with E-state index in [2.05, 4.69) is 5.32 Å². The fraction of sp³-hybridized carbons (Fsp3) is 0.529. The van der Waals surface area contributed by atoms with E-state index in [1.165, 1.54) is 0 Å². The van der Waals surface area contributed by atoms with Crippen molar-refractivity contribution in [1.29, 1.82) is 0 Å². The number of ether oxygens (including phenoxy) is 1. The lowest BCUT2D eigenvalue weighted by Crippen LogP contribution is -2.44. The van der Waals surface area contributed by atoms with Crippen LogP contribution in [0.15, 0.2) is 24.3 Å². The Kier molecular flexibility index (Phi) is 6.28. The molecule has 23 heavy (non-hydrogen) atoms. The number of carbonyl (C=O) groups is 2. The standard InChI is InChI=1S/C17H23ClN2O3/c1-3-13(23-15-7-5-4-6-14(15)18)11-19-17(22)12-8-9-20(2)16(21)10-12/h4-7,12-13H,3,8-11H2,1-2H3,(H,19,22)/t12-,13-/m1/s1. The molecule has 1 fully saturated rings. The highest BCUT2D eigenvalue weighted by molar-refractivity contribution is 6.32. The zero-order chi connectivity index (χ0) is 16.8. The maximum Gasteiger partial charge on any atom is 0.223 e. The number of hydrogen-bond acceptors (Lipinski definition) is 3. The highest BCUT2D eigenvalue weighted by atomic mass is 35.5. The van der Waals surface area contributed by atoms with E-state index in [4.69, 9.17) is 16.3 Å². The van der Waals surface area contributed by atoms with Gasteiger partial charge in [-0.05, 0) is 25.0 Å². The summed E-state index contributed by atoms with van der Waals surface area (Å²) in [6.07, 6.45) is 1.58. The molecule has 0 saturated carbocycles. The molecule has 1 aromatic carbocycles. The SMILES string of the molecule is CC[C@H](CNC(=O)[C@@H]1CCN(C)C(=O)C1)Oc1ccccc1Cl. The number of carbonyl (C=O) groups excluding carboxylic acids is 2. The Morgan fingerprint density at radius 2 is 2.22 bits per heavy atom. The van der Waals surface area contributed by atoms with Crippen molar-refractivity contribution in [2.24, 2.45) is 5.92 Å². The van der Waals surface area contributed by atoms with Gasteiger partial charge in [-0.15, -0.1) is 0 Å². The maximum atomic E-state index is 12.2. The number of nitrogens with zero attached hydrogens (tertiary/aromatic N) is 1. The summed E-state index contributed by atoms with van der Waals surface area (Å²) in [5.41, 5.74) is 0. The molecule has 1 aliphatic rings. The predicted molar refractivity (Wildman–Crippen MR) is 89.5 cm³/mol. The molecule has 6 heteroatoms. The lowest BCUT2D eigenvalue weighted by atomic mass is 9.95. The number of likely N-dealkylation sites (tertiary alicyclic amines) is 1. The van der Waals surface area contributed by atoms with Crippen molar-refractivity contribution in [3.8, 4) is 5.75 Å². The molecule has 1 aromatic rings. The van der Waals surface area contributed by atoms with E-state index in [1.807, 2.05) is 25.1 Å². The summed E-state index contributed by atoms with van der Waals surface area (Å²) in [4.78, 5) is 25.6. The van der Waals surface area contributed by atoms with Gasteiger partial charge in [0.05, 0.1) is 11.6 Å². The molecule has 126 valence electrons. The van der Waals surface area contributed by atoms with E-state index >= 15 is 0 Å². The van der Waals surface area contributed by atoms with E-state index < -0.39 is 0 Å². The zero-order valence-electron chi connectivity index (χ0n) is 13.5. The quantitative estimate of drug-likeness (QED) is 0.867. The van der Waals surface area contributed by atoms with Crippen molar-refractivity contribution in [1.82, 2.24) is 10.2 Å². The van der Waals surface area contributed by atoms with Crippen LogP contribution in [0.3, 0.4) is 0 Å². The molecule has 0 spiro atoms. The number of halogens is 1. The van der Waals surface area contributed by atoms with Crippen LogP contribution in [0.4, 0.5) is 0 Å². The van der Waals surface area contributed by atoms with Gasteiger partial charge in [-0.2, -0.15) is 0 Å². The Bertz CT molecular complexity index is 565. The number of para-hydroxylation sites is 1. The Hall–Kier alpha value is -1.75. The Balaban J connectivity index is 1.84. The van der Waals surface area contributed by atoms with Crippen molar-refractivity contribution in [3.63, 3.8) is 0 Å². The highest BCUT2D eigenvalue weighted by Crippen LogP contribution is 2.24. The van der Waals surface area contributed by atoms with E-state index in [9.17, 15) is 9.59 Å². The van der Waals surface area contributed by atoms with Crippen LogP contribution in [0.2, 0.25) is 5.02 Å². The summed E-state index contributed by atoms with van der Waals surface area (Å²) in [5, 5.41) is 3.45. The Labute approximate surface area is 141 Å². The summed E-state index contributed by atoms with van der Waals surface area (Å²) in [7, 11) is 1.76. The number of amides is 2. The fourth-order valence-corrected chi connectivity index (χ4v) is 2.69. The normalized spacial score (nSPS) is 19.3. The first kappa shape index (κ1) is 17.6. The molecule has 0 bridgehead atoms. The van der Waals surface area contributed by atoms with Gasteiger partial charge in [-0.25, -0.2) is 0 Å². The first-order valence-corrected chi connectivity index (χ1v) is 8.32. The van der Waals surface area contributed by atoms with Crippen molar-refractivity contribution in [2.45, 2.75) is 32.3 Å². The second kappa shape index (κ2) is 8.20. The second-order valence-electron chi connectivity index (χ2n) is 5.83. The smallest absolute Gasteiger partial charge is 0.223 e. The third kappa shape index (κ3) is 4.86. The topological polar surface area (TPSA) is 58.6 Å². The molecule has 1 saturated heterocycles. The molecule has 2 atom stereocenters. The summed E-state index contributed by atoms with van der Waals surface area (Å²) < 4.78 is 5.85. The van der Waals surface area contributed by atoms with E-state index in [0.29, 0.717) is 30.3 Å². The van der Waals surface area contributed by atoms with Crippen LogP contribution in [-0.2, 0) is 9.59 Å². The van der Waals surface area contributed by atoms with E-state index in [-0.39, 0.29) is 30.3 Å². The summed E-state index contributed by atoms with van der Waals surface area (Å²) >= 11 is 6.08. The fourth-order valence-electron chi connectivity index (χ4n) is 2.51. The van der Waals surface area contributed by atoms with Gasteiger partial charge in [-0.1, -0.05) is 30.7 Å². The maximum absolute atomic E-state index is 12.2. The molecule has 1 aliphatic heterocycles. The molecular formula is C17H23ClN2O3. The average molecular weight is 339 g/mol. The van der Waals surface area contributed by atoms with Crippen LogP contribution in [0.25, 0.3) is 0 Å². The second-order valence-corrected chi connectivity index (χ2v) is 6.24. The largest absolute Gasteiger partial charge is 0.487 e. The van der Waals surface area contributed by atoms with Gasteiger partial charge in [0.15, 0.2) is 0 Å². The van der Waals surface area contributed by atoms with Crippen LogP contribution < -0.4 is 10.1 Å². The van der Waals surface area contributed by atoms with Crippen molar-refractivity contribution < 1.29 is 14.3 Å². The van der Waals surface area contributed by atoms with Crippen molar-refractivity contribution in [2.75, 3.05) is 20.1 Å². The number of nitrogens with one attached hydrogen (secondary N) is 1. The molecule has 2 amide bonds. The van der Waals surface area contributed by atoms with Crippen molar-refractivity contribution in [3.05, 3.63) is 29.3 Å². The van der Waals surface area contributed by atoms with Gasteiger partial charge >= 0.3 is 0 Å². The zero-order valence-corrected chi connectivity index (χ0v) is 14.3. The van der Waals surface area contributed by atoms with Gasteiger partial charge in [0.2, 0.25) is 11.8 Å². The van der Waals surface area contributed by atoms with Crippen LogP contribution in [-0.4, -0.2) is 43.0 Å². The van der Waals surface area contributed by atoms with Gasteiger partial charge in [-0.3, -0.25) is 9.59 Å². The lowest BCUT2D eigenvalue weighted by Gasteiger charge is -2.28. The van der Waals surface area contributed by atoms with Crippen molar-refractivity contribution >= 4 is 23.4 Å². The van der Waals surface area contributed by atoms with Gasteiger partial charge in [0, 0.05) is 25.9 Å². The van der Waals surface area contributed by atoms with Crippen LogP contribution in [0.1, 0.15) is 26.2 Å². The number of hydrogen-bond donors (Lipinski definition) is 1.